The molecule has 9 nitrogen and oxygen atoms in total. The van der Waals surface area contributed by atoms with Gasteiger partial charge in [0.25, 0.3) is 11.7 Å². The molecule has 3 heterocycles. The van der Waals surface area contributed by atoms with E-state index >= 15 is 0 Å². The summed E-state index contributed by atoms with van der Waals surface area (Å²) in [5.74, 6) is -1.75. The van der Waals surface area contributed by atoms with Crippen molar-refractivity contribution in [3.8, 4) is 0 Å². The number of aromatic nitrogens is 1. The first kappa shape index (κ1) is 22.4. The molecule has 0 unspecified atom stereocenters. The van der Waals surface area contributed by atoms with Gasteiger partial charge in [-0.1, -0.05) is 6.07 Å². The number of aliphatic hydroxyl groups excluding tert-OH is 1. The van der Waals surface area contributed by atoms with Crippen molar-refractivity contribution >= 4 is 27.5 Å². The minimum atomic E-state index is -3.66. The van der Waals surface area contributed by atoms with E-state index in [1.54, 1.807) is 36.7 Å². The van der Waals surface area contributed by atoms with E-state index in [0.717, 1.165) is 4.31 Å². The molecule has 0 bridgehead atoms. The summed E-state index contributed by atoms with van der Waals surface area (Å²) >= 11 is 0. The molecule has 4 rings (SSSR count). The SMILES string of the molecule is CN(C)S(=O)(=O)c1ccc(C(O)=C2C(=O)C(=O)N(Cc3cccnc3)[C@H]2c2ccco2)cc1. The first-order chi connectivity index (χ1) is 15.7. The van der Waals surface area contributed by atoms with Gasteiger partial charge in [-0.15, -0.1) is 0 Å². The molecular formula is C23H21N3O6S. The molecule has 1 N–H and O–H groups in total. The molecule has 170 valence electrons. The molecule has 0 radical (unpaired) electrons. The molecule has 1 aromatic carbocycles. The molecule has 0 spiro atoms. The highest BCUT2D eigenvalue weighted by Gasteiger charge is 2.47. The van der Waals surface area contributed by atoms with E-state index in [9.17, 15) is 23.1 Å². The van der Waals surface area contributed by atoms with Crippen LogP contribution in [0.15, 0.2) is 82.1 Å². The maximum Gasteiger partial charge on any atom is 0.296 e. The fraction of sp³-hybridized carbons (Fsp3) is 0.174. The monoisotopic (exact) mass is 467 g/mol. The van der Waals surface area contributed by atoms with E-state index in [-0.39, 0.29) is 22.6 Å². The highest BCUT2D eigenvalue weighted by molar-refractivity contribution is 7.89. The third kappa shape index (κ3) is 4.06. The number of furan rings is 1. The van der Waals surface area contributed by atoms with Crippen LogP contribution in [-0.4, -0.2) is 53.5 Å². The lowest BCUT2D eigenvalue weighted by Crippen LogP contribution is -2.29. The summed E-state index contributed by atoms with van der Waals surface area (Å²) in [5, 5.41) is 11.0. The Morgan fingerprint density at radius 2 is 1.85 bits per heavy atom. The van der Waals surface area contributed by atoms with Gasteiger partial charge in [-0.3, -0.25) is 14.6 Å². The topological polar surface area (TPSA) is 121 Å². The zero-order chi connectivity index (χ0) is 23.8. The summed E-state index contributed by atoms with van der Waals surface area (Å²) < 4.78 is 31.2. The average molecular weight is 468 g/mol. The average Bonchev–Trinajstić information content (AvgIpc) is 3.42. The van der Waals surface area contributed by atoms with Gasteiger partial charge in [-0.2, -0.15) is 0 Å². The number of benzene rings is 1. The van der Waals surface area contributed by atoms with E-state index < -0.39 is 33.5 Å². The normalized spacial score (nSPS) is 18.3. The van der Waals surface area contributed by atoms with E-state index in [0.29, 0.717) is 11.3 Å². The summed E-state index contributed by atoms with van der Waals surface area (Å²) in [4.78, 5) is 31.3. The largest absolute Gasteiger partial charge is 0.507 e. The number of sulfonamides is 1. The zero-order valence-electron chi connectivity index (χ0n) is 17.9. The van der Waals surface area contributed by atoms with Gasteiger partial charge in [0, 0.05) is 38.6 Å². The Balaban J connectivity index is 1.79. The molecule has 1 aliphatic rings. The van der Waals surface area contributed by atoms with E-state index in [1.165, 1.54) is 49.5 Å². The quantitative estimate of drug-likeness (QED) is 0.336. The number of hydrogen-bond acceptors (Lipinski definition) is 7. The highest BCUT2D eigenvalue weighted by Crippen LogP contribution is 2.40. The number of carbonyl (C=O) groups is 2. The van der Waals surface area contributed by atoms with Gasteiger partial charge in [0.15, 0.2) is 0 Å². The molecule has 1 fully saturated rings. The standard InChI is InChI=1S/C23H21N3O6S/c1-25(2)33(30,31)17-9-7-16(8-10-17)21(27)19-20(18-6-4-12-32-18)26(23(29)22(19)28)14-15-5-3-11-24-13-15/h3-13,20,27H,14H2,1-2H3/t20-/m0/s1. The molecule has 0 saturated carbocycles. The van der Waals surface area contributed by atoms with Crippen molar-refractivity contribution in [3.63, 3.8) is 0 Å². The predicted molar refractivity (Wildman–Crippen MR) is 118 cm³/mol. The molecule has 1 aliphatic heterocycles. The first-order valence-corrected chi connectivity index (χ1v) is 11.4. The van der Waals surface area contributed by atoms with Crippen LogP contribution in [0.1, 0.15) is 22.9 Å². The van der Waals surface area contributed by atoms with Gasteiger partial charge in [0.2, 0.25) is 10.0 Å². The van der Waals surface area contributed by atoms with Crippen LogP contribution in [0.2, 0.25) is 0 Å². The molecule has 0 aliphatic carbocycles. The molecule has 33 heavy (non-hydrogen) atoms. The lowest BCUT2D eigenvalue weighted by atomic mass is 9.99. The Kier molecular flexibility index (Phi) is 5.88. The molecule has 3 aromatic rings. The third-order valence-corrected chi connectivity index (χ3v) is 7.16. The van der Waals surface area contributed by atoms with E-state index in [2.05, 4.69) is 4.98 Å². The number of aliphatic hydroxyl groups is 1. The van der Waals surface area contributed by atoms with Gasteiger partial charge in [0.05, 0.1) is 16.7 Å². The van der Waals surface area contributed by atoms with Crippen LogP contribution in [-0.2, 0) is 26.2 Å². The highest BCUT2D eigenvalue weighted by atomic mass is 32.2. The minimum absolute atomic E-state index is 0.0312. The molecule has 1 atom stereocenters. The summed E-state index contributed by atoms with van der Waals surface area (Å²) in [6.45, 7) is 0.0839. The van der Waals surface area contributed by atoms with Crippen LogP contribution in [0.4, 0.5) is 0 Å². The molecule has 1 amide bonds. The zero-order valence-corrected chi connectivity index (χ0v) is 18.7. The Morgan fingerprint density at radius 1 is 1.12 bits per heavy atom. The Hall–Kier alpha value is -3.76. The fourth-order valence-corrected chi connectivity index (χ4v) is 4.53. The molecule has 2 aromatic heterocycles. The lowest BCUT2D eigenvalue weighted by molar-refractivity contribution is -0.140. The van der Waals surface area contributed by atoms with Crippen LogP contribution in [0.3, 0.4) is 0 Å². The second-order valence-electron chi connectivity index (χ2n) is 7.62. The van der Waals surface area contributed by atoms with Crippen molar-refractivity contribution in [3.05, 3.63) is 89.6 Å². The fourth-order valence-electron chi connectivity index (χ4n) is 3.63. The Labute approximate surface area is 190 Å². The van der Waals surface area contributed by atoms with Gasteiger partial charge in [-0.25, -0.2) is 12.7 Å². The predicted octanol–water partition coefficient (Wildman–Crippen LogP) is 2.55. The van der Waals surface area contributed by atoms with E-state index in [1.807, 2.05) is 0 Å². The number of pyridine rings is 1. The van der Waals surface area contributed by atoms with Crippen molar-refractivity contribution in [2.45, 2.75) is 17.5 Å². The van der Waals surface area contributed by atoms with Crippen LogP contribution < -0.4 is 0 Å². The summed E-state index contributed by atoms with van der Waals surface area (Å²) in [7, 11) is -0.836. The molecular weight excluding hydrogens is 446 g/mol. The summed E-state index contributed by atoms with van der Waals surface area (Å²) in [6, 6.07) is 11.2. The lowest BCUT2D eigenvalue weighted by Gasteiger charge is -2.23. The van der Waals surface area contributed by atoms with E-state index in [4.69, 9.17) is 4.42 Å². The van der Waals surface area contributed by atoms with Crippen LogP contribution in [0.25, 0.3) is 5.76 Å². The maximum absolute atomic E-state index is 13.0. The Bertz CT molecular complexity index is 1310. The number of nitrogens with zero attached hydrogens (tertiary/aromatic N) is 3. The van der Waals surface area contributed by atoms with Crippen LogP contribution in [0, 0.1) is 0 Å². The number of amides is 1. The van der Waals surface area contributed by atoms with Gasteiger partial charge in [0.1, 0.15) is 17.6 Å². The second kappa shape index (κ2) is 8.64. The van der Waals surface area contributed by atoms with Crippen molar-refractivity contribution in [2.24, 2.45) is 0 Å². The number of Topliss-reactive ketones (excluding diaryl/α,β-unsaturated/α-hetero) is 1. The van der Waals surface area contributed by atoms with Crippen LogP contribution in [0.5, 0.6) is 0 Å². The van der Waals surface area contributed by atoms with Gasteiger partial charge >= 0.3 is 0 Å². The smallest absolute Gasteiger partial charge is 0.296 e. The first-order valence-electron chi connectivity index (χ1n) is 9.95. The number of rotatable bonds is 6. The maximum atomic E-state index is 13.0. The number of ketones is 1. The van der Waals surface area contributed by atoms with Crippen LogP contribution >= 0.6 is 0 Å². The van der Waals surface area contributed by atoms with Gasteiger partial charge in [-0.05, 0) is 48.0 Å². The van der Waals surface area contributed by atoms with Crippen molar-refractivity contribution in [1.29, 1.82) is 0 Å². The number of carbonyl (C=O) groups excluding carboxylic acids is 2. The van der Waals surface area contributed by atoms with Crippen molar-refractivity contribution < 1.29 is 27.5 Å². The third-order valence-electron chi connectivity index (χ3n) is 5.33. The Morgan fingerprint density at radius 3 is 2.42 bits per heavy atom. The number of hydrogen-bond donors (Lipinski definition) is 1. The minimum Gasteiger partial charge on any atom is -0.507 e. The molecule has 1 saturated heterocycles. The van der Waals surface area contributed by atoms with Crippen molar-refractivity contribution in [2.75, 3.05) is 14.1 Å². The second-order valence-corrected chi connectivity index (χ2v) is 9.77. The van der Waals surface area contributed by atoms with Gasteiger partial charge < -0.3 is 14.4 Å². The summed E-state index contributed by atoms with van der Waals surface area (Å²) in [6.07, 6.45) is 4.60. The summed E-state index contributed by atoms with van der Waals surface area (Å²) in [5.41, 5.74) is 0.764. The number of likely N-dealkylation sites (tertiary alicyclic amines) is 1. The molecule has 10 heteroatoms. The van der Waals surface area contributed by atoms with Crippen molar-refractivity contribution in [1.82, 2.24) is 14.2 Å².